The molecule has 5 nitrogen and oxygen atoms in total. The Morgan fingerprint density at radius 2 is 2.06 bits per heavy atom. The van der Waals surface area contributed by atoms with E-state index in [4.69, 9.17) is 11.6 Å². The van der Waals surface area contributed by atoms with Gasteiger partial charge < -0.3 is 5.73 Å². The maximum atomic E-state index is 5.47. The minimum Gasteiger partial charge on any atom is -0.369 e. The van der Waals surface area contributed by atoms with Crippen molar-refractivity contribution in [1.29, 1.82) is 0 Å². The van der Waals surface area contributed by atoms with Crippen molar-refractivity contribution < 1.29 is 0 Å². The van der Waals surface area contributed by atoms with Crippen molar-refractivity contribution in [3.63, 3.8) is 0 Å². The molecule has 1 aromatic carbocycles. The van der Waals surface area contributed by atoms with Crippen LogP contribution in [-0.4, -0.2) is 10.9 Å². The Morgan fingerprint density at radius 3 is 2.67 bits per heavy atom. The van der Waals surface area contributed by atoms with Gasteiger partial charge in [0.2, 0.25) is 5.96 Å². The van der Waals surface area contributed by atoms with Gasteiger partial charge in [-0.15, -0.1) is 11.3 Å². The van der Waals surface area contributed by atoms with Crippen molar-refractivity contribution in [1.82, 2.24) is 10.4 Å². The van der Waals surface area contributed by atoms with Gasteiger partial charge in [0.05, 0.1) is 16.9 Å². The molecule has 0 fully saturated rings. The van der Waals surface area contributed by atoms with Crippen molar-refractivity contribution in [2.24, 2.45) is 16.6 Å². The van der Waals surface area contributed by atoms with Crippen molar-refractivity contribution in [3.8, 4) is 0 Å². The van der Waals surface area contributed by atoms with Gasteiger partial charge in [0.25, 0.3) is 0 Å². The van der Waals surface area contributed by atoms with Gasteiger partial charge in [0, 0.05) is 5.38 Å². The third-order valence-electron chi connectivity index (χ3n) is 2.49. The molecule has 6 heteroatoms. The summed E-state index contributed by atoms with van der Waals surface area (Å²) in [7, 11) is 0. The number of aliphatic imine (C=N–C) groups is 1. The number of nitrogens with two attached hydrogens (primary N) is 2. The number of hydrazine groups is 1. The van der Waals surface area contributed by atoms with Crippen molar-refractivity contribution in [2.45, 2.75) is 12.8 Å². The summed E-state index contributed by atoms with van der Waals surface area (Å²) in [6.07, 6.45) is 1.93. The predicted octanol–water partition coefficient (Wildman–Crippen LogP) is 1.34. The molecule has 18 heavy (non-hydrogen) atoms. The van der Waals surface area contributed by atoms with E-state index in [9.17, 15) is 0 Å². The summed E-state index contributed by atoms with van der Waals surface area (Å²) in [4.78, 5) is 8.33. The van der Waals surface area contributed by atoms with Crippen molar-refractivity contribution in [2.75, 3.05) is 0 Å². The minimum absolute atomic E-state index is 0.199. The molecule has 0 aliphatic heterocycles. The van der Waals surface area contributed by atoms with Crippen LogP contribution in [0.5, 0.6) is 0 Å². The zero-order chi connectivity index (χ0) is 12.8. The molecule has 0 spiro atoms. The normalized spacial score (nSPS) is 11.5. The SMILES string of the molecule is NNC(N)=Nc1ccc(CCc2cscn2)cc1. The number of aromatic nitrogens is 1. The van der Waals surface area contributed by atoms with E-state index in [2.05, 4.69) is 20.8 Å². The molecule has 2 aromatic rings. The fourth-order valence-corrected chi connectivity index (χ4v) is 2.13. The standard InChI is InChI=1S/C12H15N5S/c13-12(17-14)16-10-4-1-9(2-5-10)3-6-11-7-18-8-15-11/h1-2,4-5,7-8H,3,6,14H2,(H3,13,16,17). The van der Waals surface area contributed by atoms with Gasteiger partial charge in [-0.1, -0.05) is 12.1 Å². The lowest BCUT2D eigenvalue weighted by atomic mass is 10.1. The van der Waals surface area contributed by atoms with E-state index in [1.54, 1.807) is 11.3 Å². The summed E-state index contributed by atoms with van der Waals surface area (Å²) >= 11 is 1.62. The number of hydrogen-bond donors (Lipinski definition) is 3. The second kappa shape index (κ2) is 6.13. The molecule has 0 aliphatic rings. The number of aryl methyl sites for hydroxylation is 2. The first-order valence-corrected chi connectivity index (χ1v) is 6.49. The predicted molar refractivity (Wildman–Crippen MR) is 74.6 cm³/mol. The van der Waals surface area contributed by atoms with Crippen LogP contribution in [0, 0.1) is 0 Å². The molecule has 0 saturated carbocycles. The molecule has 0 bridgehead atoms. The molecule has 0 radical (unpaired) electrons. The van der Waals surface area contributed by atoms with Crippen LogP contribution in [0.4, 0.5) is 5.69 Å². The average molecular weight is 261 g/mol. The third kappa shape index (κ3) is 3.54. The number of guanidine groups is 1. The van der Waals surface area contributed by atoms with Gasteiger partial charge in [-0.3, -0.25) is 5.43 Å². The van der Waals surface area contributed by atoms with E-state index in [1.807, 2.05) is 29.8 Å². The number of nitrogens with one attached hydrogen (secondary N) is 1. The van der Waals surface area contributed by atoms with Crippen molar-refractivity contribution in [3.05, 3.63) is 46.4 Å². The van der Waals surface area contributed by atoms with Crippen LogP contribution < -0.4 is 17.0 Å². The van der Waals surface area contributed by atoms with E-state index < -0.39 is 0 Å². The molecule has 0 saturated heterocycles. The lowest BCUT2D eigenvalue weighted by Crippen LogP contribution is -2.36. The number of benzene rings is 1. The Bertz CT molecular complexity index is 504. The molecule has 0 aliphatic carbocycles. The van der Waals surface area contributed by atoms with Crippen LogP contribution in [-0.2, 0) is 12.8 Å². The highest BCUT2D eigenvalue weighted by molar-refractivity contribution is 7.07. The maximum Gasteiger partial charge on any atom is 0.208 e. The number of thiazole rings is 1. The van der Waals surface area contributed by atoms with Gasteiger partial charge in [0.1, 0.15) is 0 Å². The second-order valence-electron chi connectivity index (χ2n) is 3.79. The first-order valence-electron chi connectivity index (χ1n) is 5.54. The number of rotatable bonds is 4. The summed E-state index contributed by atoms with van der Waals surface area (Å²) in [6.45, 7) is 0. The van der Waals surface area contributed by atoms with E-state index in [0.717, 1.165) is 24.2 Å². The molecule has 0 atom stereocenters. The Labute approximate surface area is 110 Å². The number of hydrogen-bond acceptors (Lipinski definition) is 4. The second-order valence-corrected chi connectivity index (χ2v) is 4.51. The zero-order valence-corrected chi connectivity index (χ0v) is 10.7. The average Bonchev–Trinajstić information content (AvgIpc) is 2.91. The smallest absolute Gasteiger partial charge is 0.208 e. The van der Waals surface area contributed by atoms with Gasteiger partial charge in [-0.2, -0.15) is 0 Å². The van der Waals surface area contributed by atoms with Crippen LogP contribution >= 0.6 is 11.3 Å². The Morgan fingerprint density at radius 1 is 1.28 bits per heavy atom. The summed E-state index contributed by atoms with van der Waals surface area (Å²) in [5, 5.41) is 2.08. The first-order chi connectivity index (χ1) is 8.78. The quantitative estimate of drug-likeness (QED) is 0.335. The Kier molecular flexibility index (Phi) is 4.27. The van der Waals surface area contributed by atoms with Gasteiger partial charge in [0.15, 0.2) is 0 Å². The van der Waals surface area contributed by atoms with E-state index >= 15 is 0 Å². The molecular weight excluding hydrogens is 246 g/mol. The van der Waals surface area contributed by atoms with Gasteiger partial charge in [-0.05, 0) is 30.5 Å². The van der Waals surface area contributed by atoms with E-state index in [0.29, 0.717) is 0 Å². The lowest BCUT2D eigenvalue weighted by molar-refractivity contribution is 0.926. The highest BCUT2D eigenvalue weighted by Crippen LogP contribution is 2.14. The van der Waals surface area contributed by atoms with Crippen LogP contribution in [0.25, 0.3) is 0 Å². The molecule has 2 rings (SSSR count). The molecule has 0 amide bonds. The van der Waals surface area contributed by atoms with Crippen LogP contribution in [0.15, 0.2) is 40.1 Å². The molecule has 0 unspecified atom stereocenters. The summed E-state index contributed by atoms with van der Waals surface area (Å²) in [5.74, 6) is 5.34. The lowest BCUT2D eigenvalue weighted by Gasteiger charge is -2.01. The third-order valence-corrected chi connectivity index (χ3v) is 3.12. The maximum absolute atomic E-state index is 5.47. The van der Waals surface area contributed by atoms with Gasteiger partial charge >= 0.3 is 0 Å². The Hall–Kier alpha value is -1.92. The fraction of sp³-hybridized carbons (Fsp3) is 0.167. The van der Waals surface area contributed by atoms with Crippen molar-refractivity contribution >= 4 is 23.0 Å². The fourth-order valence-electron chi connectivity index (χ4n) is 1.54. The number of nitrogens with zero attached hydrogens (tertiary/aromatic N) is 2. The summed E-state index contributed by atoms with van der Waals surface area (Å²) < 4.78 is 0. The van der Waals surface area contributed by atoms with E-state index in [-0.39, 0.29) is 5.96 Å². The van der Waals surface area contributed by atoms with E-state index in [1.165, 1.54) is 5.56 Å². The minimum atomic E-state index is 0.199. The summed E-state index contributed by atoms with van der Waals surface area (Å²) in [6, 6.07) is 7.91. The first kappa shape index (κ1) is 12.5. The monoisotopic (exact) mass is 261 g/mol. The Balaban J connectivity index is 1.95. The van der Waals surface area contributed by atoms with Crippen LogP contribution in [0.2, 0.25) is 0 Å². The molecular formula is C12H15N5S. The molecule has 1 heterocycles. The highest BCUT2D eigenvalue weighted by Gasteiger charge is 1.98. The topological polar surface area (TPSA) is 89.3 Å². The van der Waals surface area contributed by atoms with Gasteiger partial charge in [-0.25, -0.2) is 15.8 Å². The molecule has 5 N–H and O–H groups in total. The molecule has 1 aromatic heterocycles. The highest BCUT2D eigenvalue weighted by atomic mass is 32.1. The van der Waals surface area contributed by atoms with Crippen LogP contribution in [0.1, 0.15) is 11.3 Å². The largest absolute Gasteiger partial charge is 0.369 e. The zero-order valence-electron chi connectivity index (χ0n) is 9.84. The van der Waals surface area contributed by atoms with Crippen LogP contribution in [0.3, 0.4) is 0 Å². The molecule has 94 valence electrons. The summed E-state index contributed by atoms with van der Waals surface area (Å²) in [5.41, 5.74) is 12.8.